The van der Waals surface area contributed by atoms with Crippen molar-refractivity contribution in [2.24, 2.45) is 0 Å². The van der Waals surface area contributed by atoms with Crippen LogP contribution in [-0.2, 0) is 6.54 Å². The maximum Gasteiger partial charge on any atom is 0.272 e. The summed E-state index contributed by atoms with van der Waals surface area (Å²) in [6.45, 7) is 4.21. The highest BCUT2D eigenvalue weighted by Gasteiger charge is 2.12. The molecule has 2 aromatic rings. The van der Waals surface area contributed by atoms with Gasteiger partial charge in [-0.1, -0.05) is 0 Å². The van der Waals surface area contributed by atoms with E-state index in [1.54, 1.807) is 30.3 Å². The molecule has 2 rings (SSSR count). The van der Waals surface area contributed by atoms with E-state index >= 15 is 0 Å². The fraction of sp³-hybridized carbons (Fsp3) is 0.200. The number of rotatable bonds is 4. The van der Waals surface area contributed by atoms with Crippen LogP contribution in [0.5, 0.6) is 0 Å². The smallest absolute Gasteiger partial charge is 0.272 e. The van der Waals surface area contributed by atoms with Crippen LogP contribution in [0.25, 0.3) is 0 Å². The van der Waals surface area contributed by atoms with Gasteiger partial charge < -0.3 is 9.88 Å². The van der Waals surface area contributed by atoms with Crippen molar-refractivity contribution in [2.45, 2.75) is 20.4 Å². The molecule has 20 heavy (non-hydrogen) atoms. The fourth-order valence-electron chi connectivity index (χ4n) is 1.91. The van der Waals surface area contributed by atoms with Gasteiger partial charge in [-0.15, -0.1) is 0 Å². The summed E-state index contributed by atoms with van der Waals surface area (Å²) >= 11 is 3.36. The predicted molar refractivity (Wildman–Crippen MR) is 82.2 cm³/mol. The molecule has 0 unspecified atom stereocenters. The van der Waals surface area contributed by atoms with Gasteiger partial charge in [0.15, 0.2) is 5.78 Å². The lowest BCUT2D eigenvalue weighted by molar-refractivity contribution is 0.101. The van der Waals surface area contributed by atoms with E-state index in [4.69, 9.17) is 0 Å². The number of amides is 1. The molecule has 5 heteroatoms. The van der Waals surface area contributed by atoms with E-state index in [0.29, 0.717) is 16.9 Å². The standard InChI is InChI=1S/C15H15BrN2O2/c1-3-18-9-12(16)8-14(18)15(20)17-13-6-4-11(5-7-13)10(2)19/h4-9H,3H2,1-2H3,(H,17,20). The number of aryl methyl sites for hydroxylation is 1. The molecule has 104 valence electrons. The van der Waals surface area contributed by atoms with Gasteiger partial charge in [0.1, 0.15) is 5.69 Å². The van der Waals surface area contributed by atoms with Gasteiger partial charge in [0.2, 0.25) is 0 Å². The summed E-state index contributed by atoms with van der Waals surface area (Å²) < 4.78 is 2.74. The first-order chi connectivity index (χ1) is 9.51. The van der Waals surface area contributed by atoms with E-state index in [9.17, 15) is 9.59 Å². The number of carbonyl (C=O) groups is 2. The van der Waals surface area contributed by atoms with Crippen LogP contribution < -0.4 is 5.32 Å². The second kappa shape index (κ2) is 6.05. The van der Waals surface area contributed by atoms with Crippen LogP contribution in [0.15, 0.2) is 41.0 Å². The molecule has 1 amide bonds. The van der Waals surface area contributed by atoms with E-state index in [0.717, 1.165) is 11.0 Å². The minimum Gasteiger partial charge on any atom is -0.343 e. The number of hydrogen-bond donors (Lipinski definition) is 1. The molecular formula is C15H15BrN2O2. The molecule has 0 radical (unpaired) electrons. The summed E-state index contributed by atoms with van der Waals surface area (Å²) in [5, 5.41) is 2.82. The third-order valence-corrected chi connectivity index (χ3v) is 3.42. The van der Waals surface area contributed by atoms with E-state index in [1.807, 2.05) is 17.7 Å². The summed E-state index contributed by atoms with van der Waals surface area (Å²) in [4.78, 5) is 23.4. The summed E-state index contributed by atoms with van der Waals surface area (Å²) in [6, 6.07) is 8.63. The van der Waals surface area contributed by atoms with Crippen molar-refractivity contribution in [3.8, 4) is 0 Å². The number of aromatic nitrogens is 1. The number of anilines is 1. The molecule has 0 aliphatic rings. The lowest BCUT2D eigenvalue weighted by atomic mass is 10.1. The molecule has 0 saturated carbocycles. The summed E-state index contributed by atoms with van der Waals surface area (Å²) in [5.41, 5.74) is 1.89. The lowest BCUT2D eigenvalue weighted by Gasteiger charge is -2.08. The fourth-order valence-corrected chi connectivity index (χ4v) is 2.37. The first kappa shape index (κ1) is 14.5. The average Bonchev–Trinajstić information content (AvgIpc) is 2.80. The molecule has 0 aliphatic carbocycles. The number of halogens is 1. The third kappa shape index (κ3) is 3.17. The Labute approximate surface area is 125 Å². The highest BCUT2D eigenvalue weighted by atomic mass is 79.9. The van der Waals surface area contributed by atoms with Crippen molar-refractivity contribution >= 4 is 33.3 Å². The van der Waals surface area contributed by atoms with Crippen LogP contribution in [-0.4, -0.2) is 16.3 Å². The van der Waals surface area contributed by atoms with E-state index in [1.165, 1.54) is 6.92 Å². The molecule has 1 aromatic carbocycles. The Morgan fingerprint density at radius 2 is 1.90 bits per heavy atom. The largest absolute Gasteiger partial charge is 0.343 e. The molecule has 0 spiro atoms. The second-order valence-corrected chi connectivity index (χ2v) is 5.33. The molecule has 1 heterocycles. The molecule has 0 atom stereocenters. The number of benzene rings is 1. The van der Waals surface area contributed by atoms with Crippen LogP contribution in [0.4, 0.5) is 5.69 Å². The van der Waals surface area contributed by atoms with Crippen molar-refractivity contribution in [2.75, 3.05) is 5.32 Å². The number of carbonyl (C=O) groups excluding carboxylic acids is 2. The zero-order chi connectivity index (χ0) is 14.7. The van der Waals surface area contributed by atoms with Crippen LogP contribution >= 0.6 is 15.9 Å². The SMILES string of the molecule is CCn1cc(Br)cc1C(=O)Nc1ccc(C(C)=O)cc1. The lowest BCUT2D eigenvalue weighted by Crippen LogP contribution is -2.16. The zero-order valence-corrected chi connectivity index (χ0v) is 12.9. The van der Waals surface area contributed by atoms with Crippen LogP contribution in [0.1, 0.15) is 34.7 Å². The Morgan fingerprint density at radius 3 is 2.45 bits per heavy atom. The van der Waals surface area contributed by atoms with E-state index < -0.39 is 0 Å². The Hall–Kier alpha value is -1.88. The molecule has 0 fully saturated rings. The van der Waals surface area contributed by atoms with Gasteiger partial charge in [0.25, 0.3) is 5.91 Å². The number of hydrogen-bond acceptors (Lipinski definition) is 2. The van der Waals surface area contributed by atoms with E-state index in [-0.39, 0.29) is 11.7 Å². The Morgan fingerprint density at radius 1 is 1.25 bits per heavy atom. The third-order valence-electron chi connectivity index (χ3n) is 2.99. The minimum atomic E-state index is -0.173. The van der Waals surface area contributed by atoms with Gasteiger partial charge in [-0.05, 0) is 60.1 Å². The van der Waals surface area contributed by atoms with Gasteiger partial charge in [0.05, 0.1) is 0 Å². The number of nitrogens with zero attached hydrogens (tertiary/aromatic N) is 1. The Kier molecular flexibility index (Phi) is 4.39. The monoisotopic (exact) mass is 334 g/mol. The summed E-state index contributed by atoms with van der Waals surface area (Å²) in [7, 11) is 0. The van der Waals surface area contributed by atoms with Crippen LogP contribution in [0.3, 0.4) is 0 Å². The van der Waals surface area contributed by atoms with Gasteiger partial charge in [0, 0.05) is 28.5 Å². The van der Waals surface area contributed by atoms with Gasteiger partial charge in [-0.3, -0.25) is 9.59 Å². The average molecular weight is 335 g/mol. The summed E-state index contributed by atoms with van der Waals surface area (Å²) in [5.74, 6) is -0.167. The molecule has 1 N–H and O–H groups in total. The van der Waals surface area contributed by atoms with E-state index in [2.05, 4.69) is 21.2 Å². The molecule has 4 nitrogen and oxygen atoms in total. The van der Waals surface area contributed by atoms with Gasteiger partial charge in [-0.2, -0.15) is 0 Å². The normalized spacial score (nSPS) is 10.3. The molecule has 0 bridgehead atoms. The van der Waals surface area contributed by atoms with Crippen molar-refractivity contribution in [3.05, 3.63) is 52.3 Å². The zero-order valence-electron chi connectivity index (χ0n) is 11.3. The topological polar surface area (TPSA) is 51.1 Å². The Balaban J connectivity index is 2.16. The van der Waals surface area contributed by atoms with Crippen molar-refractivity contribution in [3.63, 3.8) is 0 Å². The first-order valence-electron chi connectivity index (χ1n) is 6.29. The Bertz CT molecular complexity index is 644. The quantitative estimate of drug-likeness (QED) is 0.866. The van der Waals surface area contributed by atoms with Crippen molar-refractivity contribution < 1.29 is 9.59 Å². The number of Topliss-reactive ketones (excluding diaryl/α,β-unsaturated/α-hetero) is 1. The van der Waals surface area contributed by atoms with Crippen molar-refractivity contribution in [1.82, 2.24) is 4.57 Å². The number of ketones is 1. The maximum absolute atomic E-state index is 12.2. The summed E-state index contributed by atoms with van der Waals surface area (Å²) in [6.07, 6.45) is 1.87. The molecular weight excluding hydrogens is 320 g/mol. The van der Waals surface area contributed by atoms with Gasteiger partial charge >= 0.3 is 0 Å². The first-order valence-corrected chi connectivity index (χ1v) is 7.08. The predicted octanol–water partition coefficient (Wildman–Crippen LogP) is 3.73. The van der Waals surface area contributed by atoms with Gasteiger partial charge in [-0.25, -0.2) is 0 Å². The highest BCUT2D eigenvalue weighted by molar-refractivity contribution is 9.10. The molecule has 0 aliphatic heterocycles. The van der Waals surface area contributed by atoms with Crippen LogP contribution in [0, 0.1) is 0 Å². The number of nitrogens with one attached hydrogen (secondary N) is 1. The highest BCUT2D eigenvalue weighted by Crippen LogP contribution is 2.17. The van der Waals surface area contributed by atoms with Crippen molar-refractivity contribution in [1.29, 1.82) is 0 Å². The maximum atomic E-state index is 12.2. The molecule has 1 aromatic heterocycles. The molecule has 0 saturated heterocycles. The van der Waals surface area contributed by atoms with Crippen LogP contribution in [0.2, 0.25) is 0 Å². The second-order valence-electron chi connectivity index (χ2n) is 4.42. The minimum absolute atomic E-state index is 0.00617.